The molecule has 2 aromatic heterocycles. The minimum absolute atomic E-state index is 0.181. The topological polar surface area (TPSA) is 107 Å². The summed E-state index contributed by atoms with van der Waals surface area (Å²) in [6.07, 6.45) is 6.96. The molecule has 3 heterocycles. The van der Waals surface area contributed by atoms with Gasteiger partial charge in [-0.15, -0.1) is 5.53 Å². The van der Waals surface area contributed by atoms with Crippen LogP contribution in [0.4, 0.5) is 15.8 Å². The molecule has 1 saturated carbocycles. The van der Waals surface area contributed by atoms with Gasteiger partial charge in [-0.3, -0.25) is 9.99 Å². The van der Waals surface area contributed by atoms with Gasteiger partial charge in [0.25, 0.3) is 0 Å². The molecule has 4 aromatic rings. The summed E-state index contributed by atoms with van der Waals surface area (Å²) in [5.74, 6) is -0.647. The molecule has 0 radical (unpaired) electrons. The van der Waals surface area contributed by atoms with Crippen molar-refractivity contribution in [3.8, 4) is 12.1 Å². The summed E-state index contributed by atoms with van der Waals surface area (Å²) in [4.78, 5) is 12.0. The minimum atomic E-state index is -1.59. The van der Waals surface area contributed by atoms with Crippen molar-refractivity contribution in [2.45, 2.75) is 37.4 Å². The average Bonchev–Trinajstić information content (AvgIpc) is 3.78. The third-order valence-electron chi connectivity index (χ3n) is 7.80. The lowest BCUT2D eigenvalue weighted by molar-refractivity contribution is 0.260. The van der Waals surface area contributed by atoms with Gasteiger partial charge < -0.3 is 15.2 Å². The van der Waals surface area contributed by atoms with E-state index >= 15 is 0 Å². The second-order valence-electron chi connectivity index (χ2n) is 10.6. The largest absolute Gasteiger partial charge is 0.365 e. The number of anilines is 2. The van der Waals surface area contributed by atoms with E-state index in [1.165, 1.54) is 24.5 Å². The maximum Gasteiger partial charge on any atom is 0.212 e. The van der Waals surface area contributed by atoms with Crippen LogP contribution in [-0.4, -0.2) is 35.1 Å². The number of aromatic nitrogens is 2. The molecule has 0 saturated heterocycles. The van der Waals surface area contributed by atoms with Crippen molar-refractivity contribution in [3.63, 3.8) is 0 Å². The zero-order valence-corrected chi connectivity index (χ0v) is 24.3. The number of fused-ring (bicyclic) bond motifs is 1. The van der Waals surface area contributed by atoms with Gasteiger partial charge in [0, 0.05) is 49.8 Å². The summed E-state index contributed by atoms with van der Waals surface area (Å²) >= 11 is 6.87. The van der Waals surface area contributed by atoms with Crippen LogP contribution in [0.2, 0.25) is 5.02 Å². The van der Waals surface area contributed by atoms with Crippen LogP contribution in [0.15, 0.2) is 78.9 Å². The molecule has 1 aliphatic carbocycles. The minimum Gasteiger partial charge on any atom is -0.365 e. The smallest absolute Gasteiger partial charge is 0.212 e. The predicted octanol–water partition coefficient (Wildman–Crippen LogP) is 5.89. The van der Waals surface area contributed by atoms with E-state index < -0.39 is 12.0 Å². The zero-order chi connectivity index (χ0) is 31.0. The maximum atomic E-state index is 13.9. The van der Waals surface area contributed by atoms with Gasteiger partial charge in [0.15, 0.2) is 0 Å². The van der Waals surface area contributed by atoms with Crippen molar-refractivity contribution < 1.29 is 5.76 Å². The van der Waals surface area contributed by atoms with Crippen LogP contribution in [-0.2, 0) is 0 Å². The summed E-state index contributed by atoms with van der Waals surface area (Å²) < 4.78 is 23.8. The van der Waals surface area contributed by atoms with E-state index in [9.17, 15) is 16.3 Å². The van der Waals surface area contributed by atoms with Crippen molar-refractivity contribution in [2.75, 3.05) is 23.9 Å². The quantitative estimate of drug-likeness (QED) is 0.229. The molecule has 0 bridgehead atoms. The SMILES string of the molecule is [2H][C@](C1=CN(C2CC2)NN1)(c1ccc(F)nc1)N(C)c1cc(Cl)c2ncc(C#N)c(N(C)[C@H](CC#N)c3ccccc3)c2c1. The number of hydrogen-bond acceptors (Lipinski definition) is 9. The van der Waals surface area contributed by atoms with Crippen LogP contribution in [0.25, 0.3) is 10.9 Å². The normalized spacial score (nSPS) is 16.7. The summed E-state index contributed by atoms with van der Waals surface area (Å²) in [6, 6.07) is 18.9. The van der Waals surface area contributed by atoms with Crippen LogP contribution in [0, 0.1) is 28.6 Å². The Morgan fingerprint density at radius 2 is 1.88 bits per heavy atom. The number of likely N-dealkylation sites (N-methyl/N-ethyl adjacent to an activating group) is 1. The Bertz CT molecular complexity index is 1820. The van der Waals surface area contributed by atoms with Crippen LogP contribution >= 0.6 is 11.6 Å². The van der Waals surface area contributed by atoms with Gasteiger partial charge in [0.05, 0.1) is 53.4 Å². The highest BCUT2D eigenvalue weighted by Gasteiger charge is 2.34. The number of rotatable bonds is 9. The number of hydrogen-bond donors (Lipinski definition) is 2. The highest BCUT2D eigenvalue weighted by molar-refractivity contribution is 6.36. The molecule has 2 atom stereocenters. The molecule has 1 aliphatic heterocycles. The van der Waals surface area contributed by atoms with Gasteiger partial charge in [-0.25, -0.2) is 4.98 Å². The molecule has 11 heteroatoms. The Morgan fingerprint density at radius 1 is 1.09 bits per heavy atom. The number of halogens is 2. The first-order valence-electron chi connectivity index (χ1n) is 14.3. The van der Waals surface area contributed by atoms with E-state index in [1.54, 1.807) is 18.0 Å². The Hall–Kier alpha value is -4.90. The standard InChI is InChI=1S/C32H29ClFN9/c1-41(32(21-8-11-29(34)37-17-21)27-19-43(40-39-27)23-9-10-23)24-14-25-30(26(33)15-24)38-18-22(16-36)31(25)42(2)28(12-13-35)20-6-4-3-5-7-20/h3-8,11,14-15,17-19,23,28,32,39-40H,9-10,12H2,1-2H3/t28-,32-/m1/s1/i32D. The number of hydrazine groups is 2. The number of nitriles is 2. The molecule has 0 spiro atoms. The van der Waals surface area contributed by atoms with Crippen molar-refractivity contribution in [2.24, 2.45) is 0 Å². The molecular weight excluding hydrogens is 565 g/mol. The summed E-state index contributed by atoms with van der Waals surface area (Å²) in [7, 11) is 3.60. The predicted molar refractivity (Wildman–Crippen MR) is 164 cm³/mol. The Balaban J connectivity index is 1.51. The fourth-order valence-electron chi connectivity index (χ4n) is 5.46. The molecule has 6 rings (SSSR count). The van der Waals surface area contributed by atoms with E-state index in [0.717, 1.165) is 18.4 Å². The monoisotopic (exact) mass is 594 g/mol. The lowest BCUT2D eigenvalue weighted by atomic mass is 9.99. The summed E-state index contributed by atoms with van der Waals surface area (Å²) in [5.41, 5.74) is 10.0. The van der Waals surface area contributed by atoms with Crippen molar-refractivity contribution in [1.29, 1.82) is 10.5 Å². The van der Waals surface area contributed by atoms with Gasteiger partial charge in [-0.1, -0.05) is 48.0 Å². The maximum absolute atomic E-state index is 13.9. The van der Waals surface area contributed by atoms with Gasteiger partial charge in [-0.05, 0) is 42.2 Å². The average molecular weight is 595 g/mol. The molecule has 2 aliphatic rings. The Kier molecular flexibility index (Phi) is 7.38. The van der Waals surface area contributed by atoms with Gasteiger partial charge >= 0.3 is 0 Å². The van der Waals surface area contributed by atoms with Crippen LogP contribution in [0.1, 0.15) is 49.4 Å². The Morgan fingerprint density at radius 3 is 2.56 bits per heavy atom. The molecular formula is C32H29ClFN9. The first kappa shape index (κ1) is 27.0. The van der Waals surface area contributed by atoms with Crippen LogP contribution < -0.4 is 20.8 Å². The van der Waals surface area contributed by atoms with E-state index in [-0.39, 0.29) is 12.5 Å². The van der Waals surface area contributed by atoms with E-state index in [2.05, 4.69) is 33.1 Å². The van der Waals surface area contributed by atoms with Gasteiger partial charge in [0.1, 0.15) is 6.07 Å². The molecule has 0 amide bonds. The van der Waals surface area contributed by atoms with E-state index in [0.29, 0.717) is 50.2 Å². The molecule has 1 fully saturated rings. The van der Waals surface area contributed by atoms with Crippen molar-refractivity contribution in [1.82, 2.24) is 25.9 Å². The third-order valence-corrected chi connectivity index (χ3v) is 8.09. The van der Waals surface area contributed by atoms with Gasteiger partial charge in [-0.2, -0.15) is 14.9 Å². The van der Waals surface area contributed by atoms with Crippen LogP contribution in [0.3, 0.4) is 0 Å². The van der Waals surface area contributed by atoms with Crippen molar-refractivity contribution in [3.05, 3.63) is 107 Å². The Labute approximate surface area is 255 Å². The van der Waals surface area contributed by atoms with E-state index in [1.807, 2.05) is 59.6 Å². The zero-order valence-electron chi connectivity index (χ0n) is 24.6. The molecule has 43 heavy (non-hydrogen) atoms. The highest BCUT2D eigenvalue weighted by atomic mass is 35.5. The second kappa shape index (κ2) is 11.8. The van der Waals surface area contributed by atoms with Gasteiger partial charge in [0.2, 0.25) is 5.95 Å². The molecule has 2 aromatic carbocycles. The molecule has 216 valence electrons. The first-order valence-corrected chi connectivity index (χ1v) is 14.2. The number of nitrogens with one attached hydrogen (secondary N) is 2. The lowest BCUT2D eigenvalue weighted by Crippen LogP contribution is -2.39. The molecule has 2 N–H and O–H groups in total. The summed E-state index contributed by atoms with van der Waals surface area (Å²) in [6.45, 7) is 0. The van der Waals surface area contributed by atoms with Crippen molar-refractivity contribution >= 4 is 33.9 Å². The summed E-state index contributed by atoms with van der Waals surface area (Å²) in [5, 5.41) is 22.7. The van der Waals surface area contributed by atoms with Crippen LogP contribution in [0.5, 0.6) is 0 Å². The molecule has 9 nitrogen and oxygen atoms in total. The number of benzene rings is 2. The fraction of sp³-hybridized carbons (Fsp3) is 0.250. The number of pyridine rings is 2. The highest BCUT2D eigenvalue weighted by Crippen LogP contribution is 2.41. The second-order valence-corrected chi connectivity index (χ2v) is 11.0. The lowest BCUT2D eigenvalue weighted by Gasteiger charge is -2.33. The molecule has 0 unspecified atom stereocenters. The third kappa shape index (κ3) is 5.51. The van der Waals surface area contributed by atoms with E-state index in [4.69, 9.17) is 11.6 Å². The fourth-order valence-corrected chi connectivity index (χ4v) is 5.72. The first-order chi connectivity index (χ1) is 21.3. The number of nitrogens with zero attached hydrogens (tertiary/aromatic N) is 7.